The topological polar surface area (TPSA) is 237 Å². The van der Waals surface area contributed by atoms with Gasteiger partial charge < -0.3 is 33.8 Å². The van der Waals surface area contributed by atoms with Gasteiger partial charge in [0, 0.05) is 25.7 Å². The zero-order valence-corrected chi connectivity index (χ0v) is 64.6. The lowest BCUT2D eigenvalue weighted by Crippen LogP contribution is -2.30. The largest absolute Gasteiger partial charge is 0.472 e. The Kier molecular flexibility index (Phi) is 69.9. The summed E-state index contributed by atoms with van der Waals surface area (Å²) >= 11 is 0. The normalized spacial score (nSPS) is 14.5. The van der Waals surface area contributed by atoms with Crippen LogP contribution in [0.2, 0.25) is 0 Å². The molecule has 0 rings (SSSR count). The van der Waals surface area contributed by atoms with Gasteiger partial charge in [0.1, 0.15) is 19.3 Å². The van der Waals surface area contributed by atoms with Gasteiger partial charge in [-0.1, -0.05) is 304 Å². The predicted molar refractivity (Wildman–Crippen MR) is 408 cm³/mol. The number of allylic oxidation sites excluding steroid dienone is 18. The molecule has 0 aromatic carbocycles. The summed E-state index contributed by atoms with van der Waals surface area (Å²) in [5, 5.41) is 10.6. The summed E-state index contributed by atoms with van der Waals surface area (Å²) in [4.78, 5) is 72.9. The van der Waals surface area contributed by atoms with Crippen molar-refractivity contribution in [2.45, 2.75) is 341 Å². The quantitative estimate of drug-likeness (QED) is 0.0169. The van der Waals surface area contributed by atoms with Crippen molar-refractivity contribution in [2.24, 2.45) is 0 Å². The number of carbonyl (C=O) groups excluding carboxylic acids is 4. The number of phosphoric ester groups is 2. The first-order valence-corrected chi connectivity index (χ1v) is 42.1. The third-order valence-electron chi connectivity index (χ3n) is 16.3. The molecule has 0 aromatic heterocycles. The maximum atomic E-state index is 13.1. The van der Waals surface area contributed by atoms with Crippen LogP contribution in [0, 0.1) is 0 Å². The zero-order chi connectivity index (χ0) is 73.2. The van der Waals surface area contributed by atoms with Crippen LogP contribution in [0.1, 0.15) is 323 Å². The van der Waals surface area contributed by atoms with E-state index in [9.17, 15) is 43.2 Å². The van der Waals surface area contributed by atoms with E-state index in [1.165, 1.54) is 89.9 Å². The molecule has 0 heterocycles. The number of aliphatic hydroxyl groups is 1. The smallest absolute Gasteiger partial charge is 0.462 e. The van der Waals surface area contributed by atoms with Crippen molar-refractivity contribution >= 4 is 39.5 Å². The maximum absolute atomic E-state index is 13.1. The van der Waals surface area contributed by atoms with Gasteiger partial charge in [0.15, 0.2) is 12.2 Å². The molecule has 0 amide bonds. The summed E-state index contributed by atoms with van der Waals surface area (Å²) in [6.07, 6.45) is 78.0. The highest BCUT2D eigenvalue weighted by molar-refractivity contribution is 7.47. The minimum absolute atomic E-state index is 0.0844. The molecule has 0 aromatic rings. The third-order valence-corrected chi connectivity index (χ3v) is 18.2. The molecule has 3 N–H and O–H groups in total. The van der Waals surface area contributed by atoms with Crippen LogP contribution in [0.4, 0.5) is 0 Å². The number of rotatable bonds is 73. The Morgan fingerprint density at radius 1 is 0.290 bits per heavy atom. The molecule has 0 saturated carbocycles. The lowest BCUT2D eigenvalue weighted by atomic mass is 10.0. The fraction of sp³-hybridized carbons (Fsp3) is 0.728. The molecule has 576 valence electrons. The van der Waals surface area contributed by atoms with Gasteiger partial charge in [0.2, 0.25) is 0 Å². The molecule has 100 heavy (non-hydrogen) atoms. The van der Waals surface area contributed by atoms with Crippen LogP contribution in [0.3, 0.4) is 0 Å². The number of aliphatic hydroxyl groups excluding tert-OH is 1. The Balaban J connectivity index is 5.34. The second-order valence-corrected chi connectivity index (χ2v) is 28.8. The zero-order valence-electron chi connectivity index (χ0n) is 62.8. The summed E-state index contributed by atoms with van der Waals surface area (Å²) in [5.74, 6) is -2.24. The highest BCUT2D eigenvalue weighted by Gasteiger charge is 2.30. The number of hydrogen-bond acceptors (Lipinski definition) is 15. The van der Waals surface area contributed by atoms with Crippen molar-refractivity contribution in [3.05, 3.63) is 109 Å². The van der Waals surface area contributed by atoms with E-state index in [2.05, 4.69) is 125 Å². The Hall–Kier alpha value is -4.28. The van der Waals surface area contributed by atoms with Crippen LogP contribution in [-0.4, -0.2) is 96.7 Å². The molecule has 0 radical (unpaired) electrons. The van der Waals surface area contributed by atoms with Crippen molar-refractivity contribution < 1.29 is 80.2 Å². The summed E-state index contributed by atoms with van der Waals surface area (Å²) in [6, 6.07) is 0. The second kappa shape index (κ2) is 73.0. The van der Waals surface area contributed by atoms with E-state index in [0.717, 1.165) is 148 Å². The summed E-state index contributed by atoms with van der Waals surface area (Å²) in [5.41, 5.74) is 0. The number of hydrogen-bond donors (Lipinski definition) is 3. The van der Waals surface area contributed by atoms with E-state index in [4.69, 9.17) is 37.0 Å². The SMILES string of the molecule is CC/C=C\C/C=C\C/C=C\C/C=C\C/C=C\CCCC(=O)OCC(COP(=O)(O)OCC(O)COP(=O)(O)OCC(COC(=O)CCCCCCCC/C=C\C/C=C\C/C=C\C/C=C\CC)OC(=O)CCCCCCCCCCCCCCC)OC(=O)CCCCCCCCCCCCC. The van der Waals surface area contributed by atoms with Gasteiger partial charge in [-0.25, -0.2) is 9.13 Å². The number of ether oxygens (including phenoxy) is 4. The van der Waals surface area contributed by atoms with Gasteiger partial charge in [-0.15, -0.1) is 0 Å². The monoisotopic (exact) mass is 1450 g/mol. The van der Waals surface area contributed by atoms with Crippen LogP contribution >= 0.6 is 15.6 Å². The van der Waals surface area contributed by atoms with Crippen molar-refractivity contribution in [2.75, 3.05) is 39.6 Å². The van der Waals surface area contributed by atoms with Crippen LogP contribution in [0.25, 0.3) is 0 Å². The minimum atomic E-state index is -4.98. The van der Waals surface area contributed by atoms with E-state index in [0.29, 0.717) is 32.1 Å². The van der Waals surface area contributed by atoms with Crippen LogP contribution < -0.4 is 0 Å². The van der Waals surface area contributed by atoms with Crippen molar-refractivity contribution in [1.82, 2.24) is 0 Å². The minimum Gasteiger partial charge on any atom is -0.462 e. The molecule has 5 unspecified atom stereocenters. The first-order chi connectivity index (χ1) is 48.7. The number of esters is 4. The molecular formula is C81H140O17P2. The lowest BCUT2D eigenvalue weighted by molar-refractivity contribution is -0.161. The first kappa shape index (κ1) is 95.7. The van der Waals surface area contributed by atoms with Gasteiger partial charge in [-0.3, -0.25) is 37.3 Å². The maximum Gasteiger partial charge on any atom is 0.472 e. The molecule has 0 saturated heterocycles. The van der Waals surface area contributed by atoms with Crippen molar-refractivity contribution in [3.63, 3.8) is 0 Å². The third kappa shape index (κ3) is 72.1. The first-order valence-electron chi connectivity index (χ1n) is 39.1. The Bertz CT molecular complexity index is 2320. The molecule has 0 aliphatic carbocycles. The number of carbonyl (C=O) groups is 4. The summed E-state index contributed by atoms with van der Waals surface area (Å²) in [7, 11) is -9.96. The molecule has 0 aliphatic rings. The highest BCUT2D eigenvalue weighted by Crippen LogP contribution is 2.45. The van der Waals surface area contributed by atoms with Gasteiger partial charge in [0.05, 0.1) is 26.4 Å². The number of phosphoric acid groups is 2. The van der Waals surface area contributed by atoms with E-state index >= 15 is 0 Å². The van der Waals surface area contributed by atoms with Crippen LogP contribution in [-0.2, 0) is 65.4 Å². The standard InChI is InChI=1S/C81H140O17P2/c1-5-9-13-17-21-25-29-32-34-36-37-39-41-44-47-50-54-58-62-66-79(84)92-72-77(98-81(86)68-64-60-56-52-48-42-31-27-23-19-15-11-7-3)74-96-100(89,90)94-70-75(82)69-93-99(87,88)95-73-76(97-80(85)67-63-59-55-51-45-28-24-20-16-12-8-4)71-91-78(83)65-61-57-53-49-46-43-40-38-35-33-30-26-22-18-14-10-6-2/h9-10,13-14,21-22,25-26,32-35,37,39-40,43,49,53,75-77,82H,5-8,11-12,15-20,23-24,27-31,36,38,41-42,44-48,50-52,54-74H2,1-4H3,(H,87,88)(H,89,90)/b13-9-,14-10-,25-21-,26-22-,34-32-,35-33-,39-37-,43-40-,53-49-. The lowest BCUT2D eigenvalue weighted by Gasteiger charge is -2.21. The molecule has 17 nitrogen and oxygen atoms in total. The average Bonchev–Trinajstić information content (AvgIpc) is 0.937. The fourth-order valence-corrected chi connectivity index (χ4v) is 11.9. The molecule has 0 aliphatic heterocycles. The Labute approximate surface area is 607 Å². The Morgan fingerprint density at radius 3 is 0.840 bits per heavy atom. The van der Waals surface area contributed by atoms with E-state index in [1.807, 2.05) is 12.2 Å². The van der Waals surface area contributed by atoms with Crippen molar-refractivity contribution in [3.8, 4) is 0 Å². The Morgan fingerprint density at radius 2 is 0.530 bits per heavy atom. The summed E-state index contributed by atoms with van der Waals surface area (Å²) in [6.45, 7) is 4.59. The second-order valence-electron chi connectivity index (χ2n) is 25.9. The summed E-state index contributed by atoms with van der Waals surface area (Å²) < 4.78 is 68.4. The van der Waals surface area contributed by atoms with Gasteiger partial charge in [-0.2, -0.15) is 0 Å². The van der Waals surface area contributed by atoms with Crippen LogP contribution in [0.5, 0.6) is 0 Å². The molecular weight excluding hydrogens is 1310 g/mol. The predicted octanol–water partition coefficient (Wildman–Crippen LogP) is 22.6. The van der Waals surface area contributed by atoms with Gasteiger partial charge in [-0.05, 0) is 103 Å². The molecule has 19 heteroatoms. The van der Waals surface area contributed by atoms with Gasteiger partial charge in [0.25, 0.3) is 0 Å². The number of unbranched alkanes of at least 4 members (excludes halogenated alkanes) is 29. The highest BCUT2D eigenvalue weighted by atomic mass is 31.2. The van der Waals surface area contributed by atoms with E-state index in [-0.39, 0.29) is 25.7 Å². The van der Waals surface area contributed by atoms with Gasteiger partial charge >= 0.3 is 39.5 Å². The molecule has 5 atom stereocenters. The molecule has 0 spiro atoms. The van der Waals surface area contributed by atoms with Crippen molar-refractivity contribution in [1.29, 1.82) is 0 Å². The molecule has 0 bridgehead atoms. The molecule has 0 fully saturated rings. The van der Waals surface area contributed by atoms with Crippen LogP contribution in [0.15, 0.2) is 109 Å². The fourth-order valence-electron chi connectivity index (χ4n) is 10.4. The average molecular weight is 1450 g/mol. The van der Waals surface area contributed by atoms with E-state index in [1.54, 1.807) is 0 Å². The van der Waals surface area contributed by atoms with E-state index < -0.39 is 97.5 Å².